The van der Waals surface area contributed by atoms with Gasteiger partial charge in [-0.25, -0.2) is 0 Å². The summed E-state index contributed by atoms with van der Waals surface area (Å²) in [6.07, 6.45) is -0.293. The normalized spacial score (nSPS) is 13.4. The fraction of sp³-hybridized carbons (Fsp3) is 0.302. The average Bonchev–Trinajstić information content (AvgIpc) is 3.14. The molecule has 0 radical (unpaired) electrons. The number of rotatable bonds is 16. The van der Waals surface area contributed by atoms with Crippen molar-refractivity contribution in [3.63, 3.8) is 0 Å². The van der Waals surface area contributed by atoms with Crippen LogP contribution in [0.15, 0.2) is 146 Å². The van der Waals surface area contributed by atoms with Gasteiger partial charge in [0.05, 0.1) is 19.3 Å². The molecule has 0 spiro atoms. The van der Waals surface area contributed by atoms with E-state index in [0.29, 0.717) is 19.5 Å². The average molecular weight is 674 g/mol. The zero-order valence-electron chi connectivity index (χ0n) is 29.8. The van der Waals surface area contributed by atoms with Crippen molar-refractivity contribution in [3.05, 3.63) is 162 Å². The van der Waals surface area contributed by atoms with Gasteiger partial charge >= 0.3 is 0 Å². The van der Waals surface area contributed by atoms with E-state index in [2.05, 4.69) is 159 Å². The highest BCUT2D eigenvalue weighted by Crippen LogP contribution is 2.43. The van der Waals surface area contributed by atoms with E-state index < -0.39 is 14.6 Å². The van der Waals surface area contributed by atoms with E-state index in [1.165, 1.54) is 21.5 Å². The molecular weight excluding hydrogens is 623 g/mol. The van der Waals surface area contributed by atoms with Gasteiger partial charge in [-0.05, 0) is 39.0 Å². The second-order valence-electron chi connectivity index (χ2n) is 13.5. The Bertz CT molecular complexity index is 1590. The van der Waals surface area contributed by atoms with E-state index in [1.54, 1.807) is 21.3 Å². The van der Waals surface area contributed by atoms with Crippen LogP contribution in [0.2, 0.25) is 5.04 Å². The van der Waals surface area contributed by atoms with Crippen LogP contribution in [-0.4, -0.2) is 46.9 Å². The van der Waals surface area contributed by atoms with E-state index in [0.717, 1.165) is 11.3 Å². The van der Waals surface area contributed by atoms with Crippen molar-refractivity contribution in [2.24, 2.45) is 0 Å². The van der Waals surface area contributed by atoms with Crippen molar-refractivity contribution in [3.8, 4) is 5.75 Å². The number of hydrogen-bond donors (Lipinski definition) is 0. The first-order valence-electron chi connectivity index (χ1n) is 17.1. The molecule has 0 heterocycles. The van der Waals surface area contributed by atoms with E-state index in [-0.39, 0.29) is 17.2 Å². The predicted molar refractivity (Wildman–Crippen MR) is 203 cm³/mol. The molecule has 256 valence electrons. The van der Waals surface area contributed by atoms with Gasteiger partial charge in [0.2, 0.25) is 0 Å². The van der Waals surface area contributed by atoms with Gasteiger partial charge < -0.3 is 18.6 Å². The monoisotopic (exact) mass is 673 g/mol. The van der Waals surface area contributed by atoms with Crippen LogP contribution < -0.4 is 15.1 Å². The highest BCUT2D eigenvalue weighted by molar-refractivity contribution is 6.99. The molecule has 0 aliphatic carbocycles. The van der Waals surface area contributed by atoms with Gasteiger partial charge in [0.25, 0.3) is 8.32 Å². The topological polar surface area (TPSA) is 40.2 Å². The Hall–Kier alpha value is -4.04. The Balaban J connectivity index is 1.70. The Kier molecular flexibility index (Phi) is 12.6. The van der Waals surface area contributed by atoms with Gasteiger partial charge in [0, 0.05) is 32.9 Å². The molecule has 0 N–H and O–H groups in total. The molecule has 0 saturated heterocycles. The van der Waals surface area contributed by atoms with Crippen LogP contribution in [0.3, 0.4) is 0 Å². The molecule has 0 unspecified atom stereocenters. The standard InChI is InChI=1S/C43H51NO4Si/c1-43(2,3)49(36-25-15-9-16-26-36,37-27-17-10-18-28-37)48-41(38-29-19-20-30-40(38)45-4)31-39(42(46-5)47-6)44(32-34-21-11-7-12-22-34)33-35-23-13-8-14-24-35/h7-30,39,41-42H,31-33H2,1-6H3/t39-,41+/m1/s1. The van der Waals surface area contributed by atoms with Crippen molar-refractivity contribution in [2.45, 2.75) is 63.8 Å². The first kappa shape index (κ1) is 36.2. The number of ether oxygens (including phenoxy) is 3. The first-order valence-corrected chi connectivity index (χ1v) is 19.0. The third kappa shape index (κ3) is 8.58. The molecule has 2 atom stereocenters. The van der Waals surface area contributed by atoms with Gasteiger partial charge in [-0.15, -0.1) is 0 Å². The van der Waals surface area contributed by atoms with Crippen LogP contribution in [0.5, 0.6) is 5.75 Å². The highest BCUT2D eigenvalue weighted by Gasteiger charge is 2.52. The van der Waals surface area contributed by atoms with Crippen molar-refractivity contribution >= 4 is 18.7 Å². The Morgan fingerprint density at radius 1 is 0.571 bits per heavy atom. The molecule has 49 heavy (non-hydrogen) atoms. The Morgan fingerprint density at radius 2 is 1.00 bits per heavy atom. The van der Waals surface area contributed by atoms with Crippen molar-refractivity contribution in [2.75, 3.05) is 21.3 Å². The number of para-hydroxylation sites is 1. The zero-order valence-corrected chi connectivity index (χ0v) is 30.8. The van der Waals surface area contributed by atoms with Gasteiger partial charge in [0.1, 0.15) is 5.75 Å². The molecule has 0 bridgehead atoms. The van der Waals surface area contributed by atoms with Crippen molar-refractivity contribution < 1.29 is 18.6 Å². The lowest BCUT2D eigenvalue weighted by Crippen LogP contribution is -2.67. The van der Waals surface area contributed by atoms with E-state index >= 15 is 0 Å². The van der Waals surface area contributed by atoms with E-state index in [1.807, 2.05) is 12.1 Å². The van der Waals surface area contributed by atoms with E-state index in [9.17, 15) is 0 Å². The molecule has 0 amide bonds. The zero-order chi connectivity index (χ0) is 34.7. The van der Waals surface area contributed by atoms with Gasteiger partial charge in [-0.2, -0.15) is 0 Å². The summed E-state index contributed by atoms with van der Waals surface area (Å²) < 4.78 is 26.3. The molecular formula is C43H51NO4Si. The molecule has 5 aromatic carbocycles. The molecule has 0 aliphatic rings. The summed E-state index contributed by atoms with van der Waals surface area (Å²) in [6, 6.07) is 50.9. The summed E-state index contributed by atoms with van der Waals surface area (Å²) in [5.41, 5.74) is 3.44. The largest absolute Gasteiger partial charge is 0.496 e. The maximum atomic E-state index is 7.94. The number of hydrogen-bond acceptors (Lipinski definition) is 5. The third-order valence-corrected chi connectivity index (χ3v) is 14.4. The SMILES string of the molecule is COc1ccccc1[C@H](C[C@H](C(OC)OC)N(Cc1ccccc1)Cc1ccccc1)O[Si](c1ccccc1)(c1ccccc1)C(C)(C)C. The predicted octanol–water partition coefficient (Wildman–Crippen LogP) is 8.39. The summed E-state index contributed by atoms with van der Waals surface area (Å²) in [5.74, 6) is 0.799. The quantitative estimate of drug-likeness (QED) is 0.0778. The molecule has 0 aromatic heterocycles. The summed E-state index contributed by atoms with van der Waals surface area (Å²) in [5, 5.41) is 2.23. The minimum Gasteiger partial charge on any atom is -0.496 e. The van der Waals surface area contributed by atoms with E-state index in [4.69, 9.17) is 18.6 Å². The molecule has 0 saturated carbocycles. The number of benzene rings is 5. The molecule has 5 rings (SSSR count). The maximum Gasteiger partial charge on any atom is 0.261 e. The lowest BCUT2D eigenvalue weighted by molar-refractivity contribution is -0.156. The molecule has 5 aromatic rings. The summed E-state index contributed by atoms with van der Waals surface area (Å²) in [7, 11) is 2.20. The van der Waals surface area contributed by atoms with Gasteiger partial charge in [-0.1, -0.05) is 160 Å². The Morgan fingerprint density at radius 3 is 1.43 bits per heavy atom. The summed E-state index contributed by atoms with van der Waals surface area (Å²) in [6.45, 7) is 8.38. The maximum absolute atomic E-state index is 7.94. The highest BCUT2D eigenvalue weighted by atomic mass is 28.4. The fourth-order valence-corrected chi connectivity index (χ4v) is 11.7. The second kappa shape index (κ2) is 17.1. The lowest BCUT2D eigenvalue weighted by Gasteiger charge is -2.46. The second-order valence-corrected chi connectivity index (χ2v) is 17.8. The van der Waals surface area contributed by atoms with Crippen LogP contribution >= 0.6 is 0 Å². The van der Waals surface area contributed by atoms with Crippen molar-refractivity contribution in [1.82, 2.24) is 4.90 Å². The van der Waals surface area contributed by atoms with Crippen LogP contribution in [0, 0.1) is 0 Å². The summed E-state index contributed by atoms with van der Waals surface area (Å²) >= 11 is 0. The minimum atomic E-state index is -2.99. The number of methoxy groups -OCH3 is 3. The molecule has 5 nitrogen and oxygen atoms in total. The van der Waals surface area contributed by atoms with Crippen molar-refractivity contribution in [1.29, 1.82) is 0 Å². The molecule has 0 aliphatic heterocycles. The summed E-state index contributed by atoms with van der Waals surface area (Å²) in [4.78, 5) is 2.47. The third-order valence-electron chi connectivity index (χ3n) is 9.38. The number of nitrogens with zero attached hydrogens (tertiary/aromatic N) is 1. The lowest BCUT2D eigenvalue weighted by atomic mass is 9.98. The Labute approximate surface area is 294 Å². The molecule has 6 heteroatoms. The van der Waals surface area contributed by atoms with Gasteiger partial charge in [-0.3, -0.25) is 4.90 Å². The van der Waals surface area contributed by atoms with Crippen LogP contribution in [0.25, 0.3) is 0 Å². The fourth-order valence-electron chi connectivity index (χ4n) is 7.06. The minimum absolute atomic E-state index is 0.191. The van der Waals surface area contributed by atoms with Crippen LogP contribution in [0.1, 0.15) is 50.0 Å². The van der Waals surface area contributed by atoms with Gasteiger partial charge in [0.15, 0.2) is 6.29 Å². The smallest absolute Gasteiger partial charge is 0.261 e. The molecule has 0 fully saturated rings. The van der Waals surface area contributed by atoms with Crippen LogP contribution in [-0.2, 0) is 27.0 Å². The van der Waals surface area contributed by atoms with Crippen LogP contribution in [0.4, 0.5) is 0 Å². The first-order chi connectivity index (χ1) is 23.8.